The van der Waals surface area contributed by atoms with Gasteiger partial charge in [0.15, 0.2) is 11.5 Å². The van der Waals surface area contributed by atoms with Crippen molar-refractivity contribution < 1.29 is 23.8 Å². The number of hydrogen-bond acceptors (Lipinski definition) is 6. The van der Waals surface area contributed by atoms with Gasteiger partial charge in [0.1, 0.15) is 0 Å². The first-order chi connectivity index (χ1) is 13.1. The highest BCUT2D eigenvalue weighted by atomic mass is 16.5. The molecule has 2 aromatic carbocycles. The van der Waals surface area contributed by atoms with Gasteiger partial charge in [-0.15, -0.1) is 0 Å². The van der Waals surface area contributed by atoms with E-state index in [1.165, 1.54) is 27.5 Å². The molecular formula is C19H21N3O5. The molecule has 0 spiro atoms. The number of rotatable bonds is 8. The summed E-state index contributed by atoms with van der Waals surface area (Å²) in [6.07, 6.45) is 1.43. The molecule has 2 N–H and O–H groups in total. The smallest absolute Gasteiger partial charge is 0.259 e. The fourth-order valence-electron chi connectivity index (χ4n) is 2.25. The average molecular weight is 371 g/mol. The highest BCUT2D eigenvalue weighted by Crippen LogP contribution is 2.37. The largest absolute Gasteiger partial charge is 0.493 e. The van der Waals surface area contributed by atoms with Gasteiger partial charge in [0.25, 0.3) is 11.8 Å². The molecule has 2 amide bonds. The molecule has 0 radical (unpaired) electrons. The van der Waals surface area contributed by atoms with E-state index in [-0.39, 0.29) is 12.5 Å². The first-order valence-corrected chi connectivity index (χ1v) is 8.04. The number of hydrogen-bond donors (Lipinski definition) is 2. The van der Waals surface area contributed by atoms with E-state index in [2.05, 4.69) is 15.8 Å². The van der Waals surface area contributed by atoms with Gasteiger partial charge in [-0.1, -0.05) is 18.2 Å². The van der Waals surface area contributed by atoms with Crippen molar-refractivity contribution in [3.05, 3.63) is 53.6 Å². The summed E-state index contributed by atoms with van der Waals surface area (Å²) in [4.78, 5) is 23.7. The van der Waals surface area contributed by atoms with Gasteiger partial charge in [-0.05, 0) is 24.3 Å². The maximum absolute atomic E-state index is 11.9. The molecule has 2 aromatic rings. The van der Waals surface area contributed by atoms with Gasteiger partial charge in [-0.3, -0.25) is 9.59 Å². The topological polar surface area (TPSA) is 98.2 Å². The number of methoxy groups -OCH3 is 3. The van der Waals surface area contributed by atoms with Crippen molar-refractivity contribution in [1.29, 1.82) is 0 Å². The second kappa shape index (κ2) is 9.81. The highest BCUT2D eigenvalue weighted by Gasteiger charge is 2.12. The summed E-state index contributed by atoms with van der Waals surface area (Å²) >= 11 is 0. The van der Waals surface area contributed by atoms with Crippen molar-refractivity contribution in [2.45, 2.75) is 0 Å². The Kier molecular flexibility index (Phi) is 7.18. The van der Waals surface area contributed by atoms with E-state index in [1.54, 1.807) is 42.5 Å². The Morgan fingerprint density at radius 1 is 1.00 bits per heavy atom. The molecule has 0 saturated heterocycles. The monoisotopic (exact) mass is 371 g/mol. The second-order valence-corrected chi connectivity index (χ2v) is 5.30. The number of ether oxygens (including phenoxy) is 3. The molecule has 142 valence electrons. The maximum atomic E-state index is 11.9. The van der Waals surface area contributed by atoms with E-state index in [0.717, 1.165) is 0 Å². The SMILES string of the molecule is COc1cc(C=NNC(=O)CNC(=O)c2ccccc2)cc(OC)c1OC. The van der Waals surface area contributed by atoms with Crippen molar-refractivity contribution >= 4 is 18.0 Å². The van der Waals surface area contributed by atoms with E-state index in [9.17, 15) is 9.59 Å². The molecule has 8 heteroatoms. The van der Waals surface area contributed by atoms with Gasteiger partial charge in [-0.2, -0.15) is 5.10 Å². The molecule has 0 aromatic heterocycles. The van der Waals surface area contributed by atoms with Gasteiger partial charge in [-0.25, -0.2) is 5.43 Å². The first-order valence-electron chi connectivity index (χ1n) is 8.04. The minimum absolute atomic E-state index is 0.194. The highest BCUT2D eigenvalue weighted by molar-refractivity contribution is 5.96. The Bertz CT molecular complexity index is 796. The molecule has 2 rings (SSSR count). The molecule has 0 aliphatic carbocycles. The van der Waals surface area contributed by atoms with Crippen molar-refractivity contribution in [3.8, 4) is 17.2 Å². The van der Waals surface area contributed by atoms with Gasteiger partial charge in [0.2, 0.25) is 5.75 Å². The fourth-order valence-corrected chi connectivity index (χ4v) is 2.25. The number of nitrogens with zero attached hydrogens (tertiary/aromatic N) is 1. The predicted molar refractivity (Wildman–Crippen MR) is 101 cm³/mol. The molecule has 0 fully saturated rings. The van der Waals surface area contributed by atoms with Crippen LogP contribution in [-0.4, -0.2) is 45.9 Å². The second-order valence-electron chi connectivity index (χ2n) is 5.30. The lowest BCUT2D eigenvalue weighted by Crippen LogP contribution is -2.34. The summed E-state index contributed by atoms with van der Waals surface area (Å²) in [5.41, 5.74) is 3.46. The number of hydrazone groups is 1. The summed E-state index contributed by atoms with van der Waals surface area (Å²) < 4.78 is 15.7. The maximum Gasteiger partial charge on any atom is 0.259 e. The van der Waals surface area contributed by atoms with Crippen LogP contribution in [0.5, 0.6) is 17.2 Å². The van der Waals surface area contributed by atoms with E-state index < -0.39 is 5.91 Å². The van der Waals surface area contributed by atoms with E-state index in [1.807, 2.05) is 0 Å². The van der Waals surface area contributed by atoms with Crippen molar-refractivity contribution in [2.75, 3.05) is 27.9 Å². The number of nitrogens with one attached hydrogen (secondary N) is 2. The van der Waals surface area contributed by atoms with Gasteiger partial charge in [0, 0.05) is 11.1 Å². The molecule has 0 bridgehead atoms. The summed E-state index contributed by atoms with van der Waals surface area (Å²) in [6, 6.07) is 12.0. The molecule has 0 aliphatic heterocycles. The van der Waals surface area contributed by atoms with Crippen LogP contribution in [0.25, 0.3) is 0 Å². The number of carbonyl (C=O) groups excluding carboxylic acids is 2. The van der Waals surface area contributed by atoms with E-state index >= 15 is 0 Å². The van der Waals surface area contributed by atoms with E-state index in [0.29, 0.717) is 28.4 Å². The normalized spacial score (nSPS) is 10.3. The molecule has 0 saturated carbocycles. The van der Waals surface area contributed by atoms with Crippen LogP contribution in [0.2, 0.25) is 0 Å². The van der Waals surface area contributed by atoms with Crippen LogP contribution in [-0.2, 0) is 4.79 Å². The standard InChI is InChI=1S/C19H21N3O5/c1-25-15-9-13(10-16(26-2)18(15)27-3)11-21-22-17(23)12-20-19(24)14-7-5-4-6-8-14/h4-11H,12H2,1-3H3,(H,20,24)(H,22,23). The third-order valence-corrected chi connectivity index (χ3v) is 3.54. The number of amides is 2. The zero-order valence-corrected chi connectivity index (χ0v) is 15.3. The summed E-state index contributed by atoms with van der Waals surface area (Å²) in [5, 5.41) is 6.39. The van der Waals surface area contributed by atoms with Gasteiger partial charge in [0.05, 0.1) is 34.1 Å². The Labute approximate surface area is 157 Å². The number of benzene rings is 2. The van der Waals surface area contributed by atoms with Crippen LogP contribution in [0.15, 0.2) is 47.6 Å². The summed E-state index contributed by atoms with van der Waals surface area (Å²) in [5.74, 6) is 0.617. The fraction of sp³-hybridized carbons (Fsp3) is 0.211. The predicted octanol–water partition coefficient (Wildman–Crippen LogP) is 1.59. The van der Waals surface area contributed by atoms with Crippen LogP contribution >= 0.6 is 0 Å². The number of carbonyl (C=O) groups is 2. The molecule has 27 heavy (non-hydrogen) atoms. The first kappa shape index (κ1) is 19.8. The molecular weight excluding hydrogens is 350 g/mol. The van der Waals surface area contributed by atoms with Crippen LogP contribution in [0.1, 0.15) is 15.9 Å². The van der Waals surface area contributed by atoms with Gasteiger partial charge >= 0.3 is 0 Å². The summed E-state index contributed by atoms with van der Waals surface area (Å²) in [6.45, 7) is -0.194. The van der Waals surface area contributed by atoms with Crippen LogP contribution < -0.4 is 25.0 Å². The van der Waals surface area contributed by atoms with E-state index in [4.69, 9.17) is 14.2 Å². The van der Waals surface area contributed by atoms with Crippen LogP contribution in [0.3, 0.4) is 0 Å². The minimum atomic E-state index is -0.456. The van der Waals surface area contributed by atoms with Crippen LogP contribution in [0.4, 0.5) is 0 Å². The average Bonchev–Trinajstić information content (AvgIpc) is 2.71. The molecule has 0 atom stereocenters. The molecule has 0 aliphatic rings. The summed E-state index contributed by atoms with van der Waals surface area (Å²) in [7, 11) is 4.53. The Morgan fingerprint density at radius 2 is 1.63 bits per heavy atom. The lowest BCUT2D eigenvalue weighted by atomic mass is 10.2. The van der Waals surface area contributed by atoms with Crippen molar-refractivity contribution in [3.63, 3.8) is 0 Å². The van der Waals surface area contributed by atoms with Gasteiger partial charge < -0.3 is 19.5 Å². The molecule has 0 unspecified atom stereocenters. The third-order valence-electron chi connectivity index (χ3n) is 3.54. The minimum Gasteiger partial charge on any atom is -0.493 e. The van der Waals surface area contributed by atoms with Crippen molar-refractivity contribution in [1.82, 2.24) is 10.7 Å². The lowest BCUT2D eigenvalue weighted by Gasteiger charge is -2.12. The van der Waals surface area contributed by atoms with Crippen molar-refractivity contribution in [2.24, 2.45) is 5.10 Å². The zero-order valence-electron chi connectivity index (χ0n) is 15.3. The third kappa shape index (κ3) is 5.46. The Balaban J connectivity index is 1.93. The zero-order chi connectivity index (χ0) is 19.6. The molecule has 8 nitrogen and oxygen atoms in total. The molecule has 0 heterocycles. The van der Waals surface area contributed by atoms with Crippen LogP contribution in [0, 0.1) is 0 Å². The Hall–Kier alpha value is -3.55. The Morgan fingerprint density at radius 3 is 2.19 bits per heavy atom. The lowest BCUT2D eigenvalue weighted by molar-refractivity contribution is -0.120. The quantitative estimate of drug-likeness (QED) is 0.542.